The van der Waals surface area contributed by atoms with Crippen molar-refractivity contribution in [3.8, 4) is 0 Å². The summed E-state index contributed by atoms with van der Waals surface area (Å²) in [5.74, 6) is -0.586. The summed E-state index contributed by atoms with van der Waals surface area (Å²) >= 11 is 0. The molecule has 3 atom stereocenters. The lowest BCUT2D eigenvalue weighted by atomic mass is 9.59. The fraction of sp³-hybridized carbons (Fsp3) is 0.261. The number of carbonyl (C=O) groups excluding carboxylic acids is 3. The van der Waals surface area contributed by atoms with Crippen molar-refractivity contribution in [2.75, 3.05) is 0 Å². The molecule has 0 amide bonds. The third-order valence-corrected chi connectivity index (χ3v) is 5.67. The van der Waals surface area contributed by atoms with Gasteiger partial charge in [0.2, 0.25) is 0 Å². The molecule has 0 spiro atoms. The highest BCUT2D eigenvalue weighted by atomic mass is 16.1. The molecular formula is C23H20O3. The largest absolute Gasteiger partial charge is 0.299 e. The SMILES string of the molecule is C[C@@H]1C[C@H]2C(=O)C[C@@H]1C(C(=O)c1ccccc1)=C2C(=O)c1ccccc1. The quantitative estimate of drug-likeness (QED) is 0.777. The molecule has 0 saturated heterocycles. The molecular weight excluding hydrogens is 324 g/mol. The summed E-state index contributed by atoms with van der Waals surface area (Å²) in [4.78, 5) is 39.0. The van der Waals surface area contributed by atoms with Crippen LogP contribution in [0.5, 0.6) is 0 Å². The molecule has 0 unspecified atom stereocenters. The summed E-state index contributed by atoms with van der Waals surface area (Å²) in [5, 5.41) is 0. The van der Waals surface area contributed by atoms with E-state index >= 15 is 0 Å². The highest BCUT2D eigenvalue weighted by molar-refractivity contribution is 6.21. The monoisotopic (exact) mass is 344 g/mol. The molecule has 3 heteroatoms. The van der Waals surface area contributed by atoms with Gasteiger partial charge in [-0.05, 0) is 18.3 Å². The summed E-state index contributed by atoms with van der Waals surface area (Å²) in [7, 11) is 0. The van der Waals surface area contributed by atoms with Crippen molar-refractivity contribution in [2.24, 2.45) is 17.8 Å². The van der Waals surface area contributed by atoms with E-state index in [1.54, 1.807) is 36.4 Å². The van der Waals surface area contributed by atoms with Crippen LogP contribution in [0.3, 0.4) is 0 Å². The summed E-state index contributed by atoms with van der Waals surface area (Å²) in [5.41, 5.74) is 2.11. The molecule has 0 radical (unpaired) electrons. The summed E-state index contributed by atoms with van der Waals surface area (Å²) < 4.78 is 0. The van der Waals surface area contributed by atoms with E-state index in [0.717, 1.165) is 0 Å². The fourth-order valence-corrected chi connectivity index (χ4v) is 4.34. The van der Waals surface area contributed by atoms with E-state index in [2.05, 4.69) is 6.92 Å². The molecule has 3 aliphatic carbocycles. The number of benzene rings is 2. The average Bonchev–Trinajstić information content (AvgIpc) is 2.68. The molecule has 0 heterocycles. The molecule has 3 nitrogen and oxygen atoms in total. The molecule has 0 aliphatic heterocycles. The predicted octanol–water partition coefficient (Wildman–Crippen LogP) is 4.29. The standard InChI is InChI=1S/C23H20O3/c1-14-12-18-19(24)13-17(14)20(22(25)15-8-4-2-5-9-15)21(18)23(26)16-10-6-3-7-11-16/h2-11,14,17-18H,12-13H2,1H3/t14-,17+,18+/m1/s1. The molecule has 1 saturated carbocycles. The van der Waals surface area contributed by atoms with Crippen molar-refractivity contribution in [3.63, 3.8) is 0 Å². The zero-order valence-electron chi connectivity index (χ0n) is 14.6. The Morgan fingerprint density at radius 3 is 1.85 bits per heavy atom. The van der Waals surface area contributed by atoms with Gasteiger partial charge in [0.25, 0.3) is 0 Å². The van der Waals surface area contributed by atoms with E-state index in [4.69, 9.17) is 0 Å². The minimum atomic E-state index is -0.453. The molecule has 3 aliphatic rings. The topological polar surface area (TPSA) is 51.2 Å². The second-order valence-corrected chi connectivity index (χ2v) is 7.26. The van der Waals surface area contributed by atoms with Crippen LogP contribution >= 0.6 is 0 Å². The van der Waals surface area contributed by atoms with Crippen molar-refractivity contribution in [3.05, 3.63) is 82.9 Å². The number of ketones is 3. The number of Topliss-reactive ketones (excluding diaryl/α,β-unsaturated/α-hetero) is 3. The molecule has 5 rings (SSSR count). The molecule has 2 aromatic carbocycles. The first kappa shape index (κ1) is 16.6. The first-order valence-corrected chi connectivity index (χ1v) is 9.04. The molecule has 130 valence electrons. The van der Waals surface area contributed by atoms with Crippen LogP contribution in [0.1, 0.15) is 40.5 Å². The maximum absolute atomic E-state index is 13.3. The molecule has 1 fully saturated rings. The van der Waals surface area contributed by atoms with E-state index in [1.165, 1.54) is 0 Å². The lowest BCUT2D eigenvalue weighted by Crippen LogP contribution is -2.43. The summed E-state index contributed by atoms with van der Waals surface area (Å²) in [6.45, 7) is 2.08. The number of rotatable bonds is 4. The lowest BCUT2D eigenvalue weighted by Gasteiger charge is -2.42. The Balaban J connectivity index is 1.89. The first-order chi connectivity index (χ1) is 12.6. The minimum Gasteiger partial charge on any atom is -0.299 e. The number of carbonyl (C=O) groups is 3. The summed E-state index contributed by atoms with van der Waals surface area (Å²) in [6.07, 6.45) is 1.02. The maximum Gasteiger partial charge on any atom is 0.190 e. The van der Waals surface area contributed by atoms with Crippen LogP contribution in [0, 0.1) is 17.8 Å². The predicted molar refractivity (Wildman–Crippen MR) is 99.0 cm³/mol. The van der Waals surface area contributed by atoms with Gasteiger partial charge in [0.1, 0.15) is 5.78 Å². The van der Waals surface area contributed by atoms with E-state index in [9.17, 15) is 14.4 Å². The van der Waals surface area contributed by atoms with Crippen molar-refractivity contribution >= 4 is 17.3 Å². The fourth-order valence-electron chi connectivity index (χ4n) is 4.34. The van der Waals surface area contributed by atoms with Gasteiger partial charge in [0, 0.05) is 34.6 Å². The third kappa shape index (κ3) is 2.64. The van der Waals surface area contributed by atoms with Gasteiger partial charge in [0.05, 0.1) is 0 Å². The smallest absolute Gasteiger partial charge is 0.190 e. The number of hydrogen-bond donors (Lipinski definition) is 0. The van der Waals surface area contributed by atoms with Gasteiger partial charge in [-0.3, -0.25) is 14.4 Å². The molecule has 2 aromatic rings. The van der Waals surface area contributed by atoms with Crippen LogP contribution in [0.25, 0.3) is 0 Å². The minimum absolute atomic E-state index is 0.0944. The Hall–Kier alpha value is -2.81. The maximum atomic E-state index is 13.3. The number of hydrogen-bond acceptors (Lipinski definition) is 3. The van der Waals surface area contributed by atoms with Crippen LogP contribution in [-0.4, -0.2) is 17.3 Å². The molecule has 2 bridgehead atoms. The van der Waals surface area contributed by atoms with E-state index in [1.807, 2.05) is 24.3 Å². The van der Waals surface area contributed by atoms with Crippen molar-refractivity contribution in [2.45, 2.75) is 19.8 Å². The first-order valence-electron chi connectivity index (χ1n) is 9.04. The Morgan fingerprint density at radius 1 is 0.808 bits per heavy atom. The van der Waals surface area contributed by atoms with Gasteiger partial charge in [-0.25, -0.2) is 0 Å². The molecule has 0 aromatic heterocycles. The Morgan fingerprint density at radius 2 is 1.31 bits per heavy atom. The van der Waals surface area contributed by atoms with Gasteiger partial charge in [-0.2, -0.15) is 0 Å². The van der Waals surface area contributed by atoms with Crippen LogP contribution in [0.2, 0.25) is 0 Å². The van der Waals surface area contributed by atoms with Crippen LogP contribution in [0.15, 0.2) is 71.8 Å². The van der Waals surface area contributed by atoms with Gasteiger partial charge in [0.15, 0.2) is 11.6 Å². The molecule has 26 heavy (non-hydrogen) atoms. The second kappa shape index (κ2) is 6.49. The third-order valence-electron chi connectivity index (χ3n) is 5.67. The zero-order valence-corrected chi connectivity index (χ0v) is 14.6. The van der Waals surface area contributed by atoms with E-state index in [-0.39, 0.29) is 29.2 Å². The number of fused-ring (bicyclic) bond motifs is 2. The number of allylic oxidation sites excluding steroid dienone is 2. The normalized spacial score (nSPS) is 24.7. The van der Waals surface area contributed by atoms with Gasteiger partial charge in [-0.15, -0.1) is 0 Å². The van der Waals surface area contributed by atoms with Crippen LogP contribution in [0.4, 0.5) is 0 Å². The Labute approximate surface area is 152 Å². The van der Waals surface area contributed by atoms with Gasteiger partial charge in [-0.1, -0.05) is 67.6 Å². The second-order valence-electron chi connectivity index (χ2n) is 7.26. The summed E-state index contributed by atoms with van der Waals surface area (Å²) in [6, 6.07) is 18.0. The van der Waals surface area contributed by atoms with Crippen molar-refractivity contribution < 1.29 is 14.4 Å². The van der Waals surface area contributed by atoms with E-state index < -0.39 is 5.92 Å². The van der Waals surface area contributed by atoms with Gasteiger partial charge < -0.3 is 0 Å². The van der Waals surface area contributed by atoms with E-state index in [0.29, 0.717) is 35.1 Å². The van der Waals surface area contributed by atoms with Crippen LogP contribution < -0.4 is 0 Å². The Kier molecular flexibility index (Phi) is 4.15. The zero-order chi connectivity index (χ0) is 18.3. The molecule has 0 N–H and O–H groups in total. The van der Waals surface area contributed by atoms with Gasteiger partial charge >= 0.3 is 0 Å². The lowest BCUT2D eigenvalue weighted by molar-refractivity contribution is -0.126. The van der Waals surface area contributed by atoms with Crippen molar-refractivity contribution in [1.82, 2.24) is 0 Å². The van der Waals surface area contributed by atoms with Crippen LogP contribution in [-0.2, 0) is 4.79 Å². The Bertz CT molecular complexity index is 909. The van der Waals surface area contributed by atoms with Crippen molar-refractivity contribution in [1.29, 1.82) is 0 Å². The highest BCUT2D eigenvalue weighted by Gasteiger charge is 2.48. The average molecular weight is 344 g/mol. The highest BCUT2D eigenvalue weighted by Crippen LogP contribution is 2.48.